The van der Waals surface area contributed by atoms with E-state index >= 15 is 0 Å². The molecule has 0 spiro atoms. The van der Waals surface area contributed by atoms with Crippen molar-refractivity contribution in [2.45, 2.75) is 26.8 Å². The second-order valence-electron chi connectivity index (χ2n) is 5.55. The molecule has 5 heteroatoms. The molecule has 2 aromatic carbocycles. The van der Waals surface area contributed by atoms with Gasteiger partial charge in [0, 0.05) is 10.4 Å². The van der Waals surface area contributed by atoms with Crippen molar-refractivity contribution in [1.29, 1.82) is 0 Å². The van der Waals surface area contributed by atoms with Gasteiger partial charge in [-0.15, -0.1) is 0 Å². The highest BCUT2D eigenvalue weighted by atomic mass is 35.5. The van der Waals surface area contributed by atoms with Crippen molar-refractivity contribution in [3.05, 3.63) is 63.8 Å². The van der Waals surface area contributed by atoms with Crippen molar-refractivity contribution >= 4 is 28.5 Å². The SMILES string of the molecule is CCc1cc(Cl)ccc1Cn1nc(C(=O)O)c2c(C)cccc21. The first-order valence-electron chi connectivity index (χ1n) is 7.48. The van der Waals surface area contributed by atoms with E-state index in [1.54, 1.807) is 4.68 Å². The molecule has 0 amide bonds. The van der Waals surface area contributed by atoms with Crippen molar-refractivity contribution in [1.82, 2.24) is 9.78 Å². The summed E-state index contributed by atoms with van der Waals surface area (Å²) >= 11 is 6.06. The van der Waals surface area contributed by atoms with Gasteiger partial charge in [-0.1, -0.05) is 36.7 Å². The third kappa shape index (κ3) is 2.82. The van der Waals surface area contributed by atoms with E-state index in [2.05, 4.69) is 12.0 Å². The van der Waals surface area contributed by atoms with Gasteiger partial charge in [-0.25, -0.2) is 4.79 Å². The maximum Gasteiger partial charge on any atom is 0.357 e. The van der Waals surface area contributed by atoms with Crippen LogP contribution in [0.4, 0.5) is 0 Å². The van der Waals surface area contributed by atoms with Crippen LogP contribution >= 0.6 is 11.6 Å². The largest absolute Gasteiger partial charge is 0.476 e. The number of hydrogen-bond donors (Lipinski definition) is 1. The van der Waals surface area contributed by atoms with Crippen molar-refractivity contribution < 1.29 is 9.90 Å². The van der Waals surface area contributed by atoms with E-state index in [-0.39, 0.29) is 5.69 Å². The number of carboxylic acids is 1. The lowest BCUT2D eigenvalue weighted by atomic mass is 10.1. The molecule has 1 N–H and O–H groups in total. The highest BCUT2D eigenvalue weighted by molar-refractivity contribution is 6.30. The van der Waals surface area contributed by atoms with Crippen LogP contribution in [0.25, 0.3) is 10.9 Å². The van der Waals surface area contributed by atoms with E-state index in [1.807, 2.05) is 43.3 Å². The molecular formula is C18H17ClN2O2. The fraction of sp³-hybridized carbons (Fsp3) is 0.222. The molecule has 0 bridgehead atoms. The van der Waals surface area contributed by atoms with E-state index in [0.29, 0.717) is 17.0 Å². The molecular weight excluding hydrogens is 312 g/mol. The van der Waals surface area contributed by atoms with Crippen molar-refractivity contribution in [2.24, 2.45) is 0 Å². The van der Waals surface area contributed by atoms with Gasteiger partial charge in [0.2, 0.25) is 0 Å². The average Bonchev–Trinajstić information content (AvgIpc) is 2.89. The predicted octanol–water partition coefficient (Wildman–Crippen LogP) is 4.31. The fourth-order valence-electron chi connectivity index (χ4n) is 2.91. The van der Waals surface area contributed by atoms with Gasteiger partial charge in [0.15, 0.2) is 5.69 Å². The Kier molecular flexibility index (Phi) is 4.09. The summed E-state index contributed by atoms with van der Waals surface area (Å²) in [5, 5.41) is 15.2. The lowest BCUT2D eigenvalue weighted by Gasteiger charge is -2.09. The normalized spacial score (nSPS) is 11.1. The fourth-order valence-corrected chi connectivity index (χ4v) is 3.10. The Morgan fingerprint density at radius 3 is 2.74 bits per heavy atom. The number of aryl methyl sites for hydroxylation is 2. The smallest absolute Gasteiger partial charge is 0.357 e. The van der Waals surface area contributed by atoms with Crippen LogP contribution < -0.4 is 0 Å². The number of fused-ring (bicyclic) bond motifs is 1. The number of aromatic nitrogens is 2. The quantitative estimate of drug-likeness (QED) is 0.776. The Hall–Kier alpha value is -2.33. The number of nitrogens with zero attached hydrogens (tertiary/aromatic N) is 2. The van der Waals surface area contributed by atoms with Gasteiger partial charge in [0.05, 0.1) is 12.1 Å². The van der Waals surface area contributed by atoms with Crippen LogP contribution in [0.5, 0.6) is 0 Å². The summed E-state index contributed by atoms with van der Waals surface area (Å²) in [5.74, 6) is -1.00. The van der Waals surface area contributed by atoms with Gasteiger partial charge in [0.1, 0.15) is 0 Å². The number of carbonyl (C=O) groups is 1. The molecule has 0 saturated heterocycles. The van der Waals surface area contributed by atoms with Gasteiger partial charge >= 0.3 is 5.97 Å². The molecule has 0 saturated carbocycles. The maximum absolute atomic E-state index is 11.5. The minimum atomic E-state index is -1.00. The van der Waals surface area contributed by atoms with Crippen LogP contribution in [0.1, 0.15) is 34.1 Å². The van der Waals surface area contributed by atoms with E-state index in [9.17, 15) is 9.90 Å². The number of carboxylic acid groups (broad SMARTS) is 1. The van der Waals surface area contributed by atoms with Crippen LogP contribution in [-0.4, -0.2) is 20.9 Å². The molecule has 1 heterocycles. The van der Waals surface area contributed by atoms with Gasteiger partial charge in [-0.3, -0.25) is 4.68 Å². The molecule has 0 aliphatic rings. The third-order valence-corrected chi connectivity index (χ3v) is 4.29. The van der Waals surface area contributed by atoms with Crippen molar-refractivity contribution in [2.75, 3.05) is 0 Å². The molecule has 3 aromatic rings. The summed E-state index contributed by atoms with van der Waals surface area (Å²) in [6.45, 7) is 4.50. The third-order valence-electron chi connectivity index (χ3n) is 4.06. The van der Waals surface area contributed by atoms with Crippen LogP contribution in [0, 0.1) is 6.92 Å². The van der Waals surface area contributed by atoms with Crippen LogP contribution in [0.3, 0.4) is 0 Å². The molecule has 0 atom stereocenters. The highest BCUT2D eigenvalue weighted by Crippen LogP contribution is 2.25. The zero-order chi connectivity index (χ0) is 16.6. The zero-order valence-corrected chi connectivity index (χ0v) is 13.8. The lowest BCUT2D eigenvalue weighted by molar-refractivity contribution is 0.0691. The van der Waals surface area contributed by atoms with E-state index in [4.69, 9.17) is 11.6 Å². The highest BCUT2D eigenvalue weighted by Gasteiger charge is 2.18. The molecule has 1 aromatic heterocycles. The number of benzene rings is 2. The Morgan fingerprint density at radius 1 is 1.26 bits per heavy atom. The van der Waals surface area contributed by atoms with Crippen LogP contribution in [0.15, 0.2) is 36.4 Å². The standard InChI is InChI=1S/C18H17ClN2O2/c1-3-12-9-14(19)8-7-13(12)10-21-15-6-4-5-11(2)16(15)17(20-21)18(22)23/h4-9H,3,10H2,1-2H3,(H,22,23). The van der Waals surface area contributed by atoms with Gasteiger partial charge in [-0.2, -0.15) is 5.10 Å². The summed E-state index contributed by atoms with van der Waals surface area (Å²) in [7, 11) is 0. The topological polar surface area (TPSA) is 55.1 Å². The Bertz CT molecular complexity index is 899. The van der Waals surface area contributed by atoms with Crippen LogP contribution in [-0.2, 0) is 13.0 Å². The molecule has 23 heavy (non-hydrogen) atoms. The second kappa shape index (κ2) is 6.05. The zero-order valence-electron chi connectivity index (χ0n) is 13.0. The molecule has 118 valence electrons. The minimum absolute atomic E-state index is 0.102. The average molecular weight is 329 g/mol. The maximum atomic E-state index is 11.5. The van der Waals surface area contributed by atoms with Crippen molar-refractivity contribution in [3.63, 3.8) is 0 Å². The Morgan fingerprint density at radius 2 is 2.04 bits per heavy atom. The van der Waals surface area contributed by atoms with E-state index in [1.165, 1.54) is 0 Å². The molecule has 0 fully saturated rings. The monoisotopic (exact) mass is 328 g/mol. The van der Waals surface area contributed by atoms with E-state index in [0.717, 1.165) is 28.6 Å². The first kappa shape index (κ1) is 15.6. The summed E-state index contributed by atoms with van der Waals surface area (Å²) in [5.41, 5.74) is 4.09. The first-order chi connectivity index (χ1) is 11.0. The van der Waals surface area contributed by atoms with Gasteiger partial charge in [-0.05, 0) is 48.2 Å². The Labute approximate surface area is 139 Å². The molecule has 0 aliphatic carbocycles. The second-order valence-corrected chi connectivity index (χ2v) is 5.98. The van der Waals surface area contributed by atoms with Crippen molar-refractivity contribution in [3.8, 4) is 0 Å². The lowest BCUT2D eigenvalue weighted by Crippen LogP contribution is -2.06. The van der Waals surface area contributed by atoms with Crippen LogP contribution in [0.2, 0.25) is 5.02 Å². The summed E-state index contributed by atoms with van der Waals surface area (Å²) in [6, 6.07) is 11.5. The van der Waals surface area contributed by atoms with Gasteiger partial charge in [0.25, 0.3) is 0 Å². The van der Waals surface area contributed by atoms with E-state index < -0.39 is 5.97 Å². The minimum Gasteiger partial charge on any atom is -0.476 e. The predicted molar refractivity (Wildman–Crippen MR) is 91.4 cm³/mol. The number of rotatable bonds is 4. The molecule has 0 radical (unpaired) electrons. The first-order valence-corrected chi connectivity index (χ1v) is 7.85. The molecule has 3 rings (SSSR count). The summed E-state index contributed by atoms with van der Waals surface area (Å²) < 4.78 is 1.76. The Balaban J connectivity index is 2.15. The number of aromatic carboxylic acids is 1. The molecule has 4 nitrogen and oxygen atoms in total. The number of halogens is 1. The summed E-state index contributed by atoms with van der Waals surface area (Å²) in [4.78, 5) is 11.5. The molecule has 0 unspecified atom stereocenters. The number of hydrogen-bond acceptors (Lipinski definition) is 2. The van der Waals surface area contributed by atoms with Gasteiger partial charge < -0.3 is 5.11 Å². The summed E-state index contributed by atoms with van der Waals surface area (Å²) in [6.07, 6.45) is 0.861. The molecule has 0 aliphatic heterocycles.